The number of benzene rings is 6. The average molecular weight is 916 g/mol. The number of hydrogen-bond acceptors (Lipinski definition) is 3. The zero-order valence-corrected chi connectivity index (χ0v) is 33.7. The Bertz CT molecular complexity index is 1760. The summed E-state index contributed by atoms with van der Waals surface area (Å²) in [6.45, 7) is 0. The molecule has 0 fully saturated rings. The number of allylic oxidation sites excluding steroid dienone is 6. The minimum atomic E-state index is -0.0114. The van der Waals surface area contributed by atoms with E-state index in [4.69, 9.17) is 0 Å². The van der Waals surface area contributed by atoms with Crippen molar-refractivity contribution in [1.29, 1.82) is 0 Å². The van der Waals surface area contributed by atoms with Gasteiger partial charge in [-0.2, -0.15) is 0 Å². The van der Waals surface area contributed by atoms with Crippen LogP contribution >= 0.6 is 0 Å². The van der Waals surface area contributed by atoms with Crippen molar-refractivity contribution in [3.8, 4) is 0 Å². The standard InChI is InChI=1S/3C17H14O.2Pd/c3*18-17(13-11-15-7-3-1-4-8-15)14-12-16-9-5-2-6-10-16;;/h3*1-14H;;/b13-11-,14-12?;;;;. The molecule has 0 aromatic heterocycles. The maximum Gasteiger partial charge on any atom is 0.178 e. The third kappa shape index (κ3) is 20.5. The average Bonchev–Trinajstić information content (AvgIpc) is 3.24. The topological polar surface area (TPSA) is 51.2 Å². The molecule has 0 aliphatic heterocycles. The summed E-state index contributed by atoms with van der Waals surface area (Å²) in [6.07, 6.45) is 20.4. The van der Waals surface area contributed by atoms with Crippen LogP contribution in [0.1, 0.15) is 33.4 Å². The molecule has 0 aliphatic carbocycles. The summed E-state index contributed by atoms with van der Waals surface area (Å²) in [6, 6.07) is 58.7. The Labute approximate surface area is 358 Å². The van der Waals surface area contributed by atoms with Gasteiger partial charge in [-0.3, -0.25) is 14.4 Å². The Hall–Kier alpha value is -5.91. The van der Waals surface area contributed by atoms with E-state index >= 15 is 0 Å². The van der Waals surface area contributed by atoms with E-state index in [1.807, 2.05) is 218 Å². The molecular formula is C51H42O3Pd2. The monoisotopic (exact) mass is 914 g/mol. The molecule has 3 nitrogen and oxygen atoms in total. The predicted octanol–water partition coefficient (Wildman–Crippen LogP) is 11.9. The van der Waals surface area contributed by atoms with Gasteiger partial charge in [0, 0.05) is 40.8 Å². The molecule has 0 saturated heterocycles. The largest absolute Gasteiger partial charge is 0.290 e. The third-order valence-electron chi connectivity index (χ3n) is 7.44. The molecule has 5 heteroatoms. The Balaban J connectivity index is 0.000000285. The van der Waals surface area contributed by atoms with Gasteiger partial charge in [-0.1, -0.05) is 218 Å². The summed E-state index contributed by atoms with van der Waals surface area (Å²) in [5.74, 6) is -0.0341. The molecular weight excluding hydrogens is 873 g/mol. The van der Waals surface area contributed by atoms with Crippen LogP contribution in [-0.2, 0) is 55.2 Å². The van der Waals surface area contributed by atoms with E-state index in [2.05, 4.69) is 0 Å². The van der Waals surface area contributed by atoms with Crippen LogP contribution in [-0.4, -0.2) is 17.3 Å². The van der Waals surface area contributed by atoms with E-state index in [0.29, 0.717) is 0 Å². The Morgan fingerprint density at radius 2 is 0.357 bits per heavy atom. The minimum Gasteiger partial charge on any atom is -0.290 e. The van der Waals surface area contributed by atoms with Crippen molar-refractivity contribution in [2.24, 2.45) is 0 Å². The molecule has 0 radical (unpaired) electrons. The van der Waals surface area contributed by atoms with E-state index in [9.17, 15) is 14.4 Å². The summed E-state index contributed by atoms with van der Waals surface area (Å²) >= 11 is 0. The van der Waals surface area contributed by atoms with Gasteiger partial charge in [-0.15, -0.1) is 0 Å². The number of carbonyl (C=O) groups is 3. The van der Waals surface area contributed by atoms with E-state index in [0.717, 1.165) is 33.4 Å². The Morgan fingerprint density at radius 1 is 0.232 bits per heavy atom. The quantitative estimate of drug-likeness (QED) is 0.0908. The van der Waals surface area contributed by atoms with Crippen molar-refractivity contribution >= 4 is 53.8 Å². The molecule has 6 rings (SSSR count). The van der Waals surface area contributed by atoms with Gasteiger partial charge in [0.1, 0.15) is 0 Å². The molecule has 0 N–H and O–H groups in total. The van der Waals surface area contributed by atoms with Crippen LogP contribution in [0.5, 0.6) is 0 Å². The number of rotatable bonds is 12. The molecule has 0 amide bonds. The molecule has 284 valence electrons. The van der Waals surface area contributed by atoms with Crippen LogP contribution in [0.2, 0.25) is 0 Å². The van der Waals surface area contributed by atoms with Crippen molar-refractivity contribution in [3.63, 3.8) is 0 Å². The van der Waals surface area contributed by atoms with Gasteiger partial charge in [0.25, 0.3) is 0 Å². The second kappa shape index (κ2) is 28.5. The zero-order valence-electron chi connectivity index (χ0n) is 30.6. The summed E-state index contributed by atoms with van der Waals surface area (Å²) in [5, 5.41) is 0. The molecule has 0 heterocycles. The Morgan fingerprint density at radius 3 is 0.482 bits per heavy atom. The summed E-state index contributed by atoms with van der Waals surface area (Å²) in [7, 11) is 0. The van der Waals surface area contributed by atoms with Gasteiger partial charge in [0.15, 0.2) is 17.3 Å². The first kappa shape index (κ1) is 46.2. The minimum absolute atomic E-state index is 0. The van der Waals surface area contributed by atoms with Crippen LogP contribution in [0.15, 0.2) is 218 Å². The number of hydrogen-bond donors (Lipinski definition) is 0. The second-order valence-electron chi connectivity index (χ2n) is 11.7. The van der Waals surface area contributed by atoms with E-state index in [1.54, 1.807) is 36.5 Å². The summed E-state index contributed by atoms with van der Waals surface area (Å²) in [5.41, 5.74) is 6.16. The van der Waals surface area contributed by atoms with Crippen LogP contribution in [0.4, 0.5) is 0 Å². The fourth-order valence-electron chi connectivity index (χ4n) is 4.62. The first-order valence-electron chi connectivity index (χ1n) is 17.5. The van der Waals surface area contributed by atoms with Crippen molar-refractivity contribution in [1.82, 2.24) is 0 Å². The SMILES string of the molecule is O=C(C=Cc1ccccc1)/C=C\c1ccccc1.O=C(C=Cc1ccccc1)C=Cc1ccccc1.O=C(C=Cc1ccccc1)C=Cc1ccccc1.[Pd].[Pd]. The molecule has 0 saturated carbocycles. The molecule has 6 aromatic rings. The van der Waals surface area contributed by atoms with Crippen LogP contribution < -0.4 is 0 Å². The first-order chi connectivity index (χ1) is 26.5. The van der Waals surface area contributed by atoms with Crippen LogP contribution in [0.3, 0.4) is 0 Å². The summed E-state index contributed by atoms with van der Waals surface area (Å²) in [4.78, 5) is 34.8. The normalized spacial score (nSPS) is 10.7. The first-order valence-corrected chi connectivity index (χ1v) is 17.5. The maximum absolute atomic E-state index is 11.6. The zero-order chi connectivity index (χ0) is 37.9. The second-order valence-corrected chi connectivity index (χ2v) is 11.7. The van der Waals surface area contributed by atoms with Gasteiger partial charge in [-0.25, -0.2) is 0 Å². The third-order valence-corrected chi connectivity index (χ3v) is 7.44. The van der Waals surface area contributed by atoms with E-state index < -0.39 is 0 Å². The fraction of sp³-hybridized carbons (Fsp3) is 0. The Kier molecular flexibility index (Phi) is 23.6. The van der Waals surface area contributed by atoms with Crippen molar-refractivity contribution < 1.29 is 55.2 Å². The van der Waals surface area contributed by atoms with Gasteiger partial charge in [0.05, 0.1) is 0 Å². The number of ketones is 3. The molecule has 0 bridgehead atoms. The fourth-order valence-corrected chi connectivity index (χ4v) is 4.62. The van der Waals surface area contributed by atoms with E-state index in [1.165, 1.54) is 0 Å². The summed E-state index contributed by atoms with van der Waals surface area (Å²) < 4.78 is 0. The molecule has 0 aliphatic rings. The molecule has 0 spiro atoms. The smallest absolute Gasteiger partial charge is 0.178 e. The van der Waals surface area contributed by atoms with Crippen molar-refractivity contribution in [2.45, 2.75) is 0 Å². The van der Waals surface area contributed by atoms with Crippen LogP contribution in [0, 0.1) is 0 Å². The van der Waals surface area contributed by atoms with Gasteiger partial charge in [0.2, 0.25) is 0 Å². The molecule has 0 atom stereocenters. The predicted molar refractivity (Wildman–Crippen MR) is 228 cm³/mol. The molecule has 56 heavy (non-hydrogen) atoms. The molecule has 0 unspecified atom stereocenters. The molecule has 6 aromatic carbocycles. The van der Waals surface area contributed by atoms with Gasteiger partial charge < -0.3 is 0 Å². The maximum atomic E-state index is 11.6. The van der Waals surface area contributed by atoms with Crippen LogP contribution in [0.25, 0.3) is 36.5 Å². The van der Waals surface area contributed by atoms with E-state index in [-0.39, 0.29) is 58.2 Å². The van der Waals surface area contributed by atoms with Crippen molar-refractivity contribution in [3.05, 3.63) is 252 Å². The van der Waals surface area contributed by atoms with Crippen molar-refractivity contribution in [2.75, 3.05) is 0 Å². The number of carbonyl (C=O) groups excluding carboxylic acids is 3. The van der Waals surface area contributed by atoms with Gasteiger partial charge >= 0.3 is 0 Å². The van der Waals surface area contributed by atoms with Gasteiger partial charge in [-0.05, 0) is 69.8 Å².